The van der Waals surface area contributed by atoms with E-state index in [1.807, 2.05) is 6.07 Å². The molecule has 0 amide bonds. The Hall–Kier alpha value is -1.42. The number of halogens is 1. The van der Waals surface area contributed by atoms with Crippen LogP contribution in [-0.2, 0) is 14.3 Å². The van der Waals surface area contributed by atoms with Crippen molar-refractivity contribution in [1.82, 2.24) is 0 Å². The van der Waals surface area contributed by atoms with Gasteiger partial charge in [0.1, 0.15) is 12.4 Å². The summed E-state index contributed by atoms with van der Waals surface area (Å²) in [6.07, 6.45) is 3.83. The topological polar surface area (TPSA) is 35.5 Å². The average molecular weight is 310 g/mol. The molecule has 0 spiro atoms. The Balaban J connectivity index is 2.85. The van der Waals surface area contributed by atoms with Crippen LogP contribution in [0.4, 0.5) is 4.39 Å². The van der Waals surface area contributed by atoms with E-state index in [0.717, 1.165) is 31.2 Å². The Kier molecular flexibility index (Phi) is 8.75. The molecule has 3 nitrogen and oxygen atoms in total. The van der Waals surface area contributed by atoms with Crippen LogP contribution in [0.5, 0.6) is 0 Å². The predicted molar refractivity (Wildman–Crippen MR) is 85.0 cm³/mol. The molecule has 0 N–H and O–H groups in total. The van der Waals surface area contributed by atoms with Crippen molar-refractivity contribution in [2.24, 2.45) is 5.92 Å². The van der Waals surface area contributed by atoms with Crippen LogP contribution in [-0.4, -0.2) is 19.2 Å². The lowest BCUT2D eigenvalue weighted by molar-refractivity contribution is -0.152. The van der Waals surface area contributed by atoms with E-state index < -0.39 is 0 Å². The molecule has 1 aromatic carbocycles. The third-order valence-corrected chi connectivity index (χ3v) is 3.74. The summed E-state index contributed by atoms with van der Waals surface area (Å²) in [6, 6.07) is 6.44. The molecular weight excluding hydrogens is 283 g/mol. The van der Waals surface area contributed by atoms with Crippen LogP contribution >= 0.6 is 0 Å². The Morgan fingerprint density at radius 2 is 2.05 bits per heavy atom. The van der Waals surface area contributed by atoms with Crippen LogP contribution in [0.3, 0.4) is 0 Å². The standard InChI is InChI=1S/C18H27FO3/c1-4-7-9-14(5-2)18(22-13-17(20)21-6-3)15-10-8-11-16(19)12-15/h8,10-12,14,18H,4-7,9,13H2,1-3H3/t14-,18+/m0/s1. The number of unbranched alkanes of at least 4 members (excludes halogenated alkanes) is 1. The highest BCUT2D eigenvalue weighted by atomic mass is 19.1. The number of esters is 1. The van der Waals surface area contributed by atoms with Crippen molar-refractivity contribution >= 4 is 5.97 Å². The third-order valence-electron chi connectivity index (χ3n) is 3.74. The van der Waals surface area contributed by atoms with E-state index in [1.54, 1.807) is 13.0 Å². The lowest BCUT2D eigenvalue weighted by atomic mass is 9.89. The molecule has 1 aromatic rings. The van der Waals surface area contributed by atoms with Crippen molar-refractivity contribution in [3.63, 3.8) is 0 Å². The molecule has 0 aliphatic carbocycles. The van der Waals surface area contributed by atoms with Crippen molar-refractivity contribution in [2.75, 3.05) is 13.2 Å². The van der Waals surface area contributed by atoms with E-state index in [1.165, 1.54) is 12.1 Å². The maximum atomic E-state index is 13.5. The van der Waals surface area contributed by atoms with Crippen LogP contribution < -0.4 is 0 Å². The minimum Gasteiger partial charge on any atom is -0.464 e. The zero-order valence-corrected chi connectivity index (χ0v) is 13.8. The lowest BCUT2D eigenvalue weighted by Crippen LogP contribution is -2.21. The van der Waals surface area contributed by atoms with Crippen molar-refractivity contribution in [3.05, 3.63) is 35.6 Å². The van der Waals surface area contributed by atoms with Crippen molar-refractivity contribution in [1.29, 1.82) is 0 Å². The van der Waals surface area contributed by atoms with Gasteiger partial charge in [-0.1, -0.05) is 45.2 Å². The lowest BCUT2D eigenvalue weighted by Gasteiger charge is -2.26. The van der Waals surface area contributed by atoms with Gasteiger partial charge in [0, 0.05) is 0 Å². The van der Waals surface area contributed by atoms with Gasteiger partial charge in [-0.15, -0.1) is 0 Å². The Bertz CT molecular complexity index is 448. The van der Waals surface area contributed by atoms with Gasteiger partial charge in [0.05, 0.1) is 12.7 Å². The van der Waals surface area contributed by atoms with Gasteiger partial charge in [0.15, 0.2) is 0 Å². The number of hydrogen-bond donors (Lipinski definition) is 0. The van der Waals surface area contributed by atoms with Crippen LogP contribution in [0.15, 0.2) is 24.3 Å². The molecule has 0 saturated carbocycles. The summed E-state index contributed by atoms with van der Waals surface area (Å²) < 4.78 is 24.2. The van der Waals surface area contributed by atoms with E-state index in [4.69, 9.17) is 9.47 Å². The second kappa shape index (κ2) is 10.3. The molecule has 22 heavy (non-hydrogen) atoms. The van der Waals surface area contributed by atoms with E-state index in [-0.39, 0.29) is 30.4 Å². The normalized spacial score (nSPS) is 13.6. The van der Waals surface area contributed by atoms with Crippen molar-refractivity contribution in [2.45, 2.75) is 52.6 Å². The van der Waals surface area contributed by atoms with Crippen LogP contribution in [0.2, 0.25) is 0 Å². The number of benzene rings is 1. The number of carbonyl (C=O) groups is 1. The highest BCUT2D eigenvalue weighted by molar-refractivity contribution is 5.70. The predicted octanol–water partition coefficient (Wildman–Crippen LogP) is 4.66. The van der Waals surface area contributed by atoms with Crippen molar-refractivity contribution in [3.8, 4) is 0 Å². The first-order valence-corrected chi connectivity index (χ1v) is 8.15. The summed E-state index contributed by atoms with van der Waals surface area (Å²) in [5.41, 5.74) is 0.784. The SMILES string of the molecule is CCCC[C@H](CC)[C@@H](OCC(=O)OCC)c1cccc(F)c1. The summed E-state index contributed by atoms with van der Waals surface area (Å²) in [6.45, 7) is 6.24. The Morgan fingerprint density at radius 3 is 2.64 bits per heavy atom. The fourth-order valence-electron chi connectivity index (χ4n) is 2.58. The zero-order chi connectivity index (χ0) is 16.4. The first kappa shape index (κ1) is 18.6. The van der Waals surface area contributed by atoms with Gasteiger partial charge >= 0.3 is 5.97 Å². The highest BCUT2D eigenvalue weighted by Gasteiger charge is 2.24. The molecule has 0 bridgehead atoms. The van der Waals surface area contributed by atoms with E-state index in [0.29, 0.717) is 6.61 Å². The number of hydrogen-bond acceptors (Lipinski definition) is 3. The van der Waals surface area contributed by atoms with E-state index in [2.05, 4.69) is 13.8 Å². The maximum absolute atomic E-state index is 13.5. The van der Waals surface area contributed by atoms with Gasteiger partial charge < -0.3 is 9.47 Å². The van der Waals surface area contributed by atoms with Gasteiger partial charge in [0.25, 0.3) is 0 Å². The van der Waals surface area contributed by atoms with E-state index in [9.17, 15) is 9.18 Å². The Labute approximate surface area is 132 Å². The molecule has 1 rings (SSSR count). The minimum atomic E-state index is -0.380. The van der Waals surface area contributed by atoms with Gasteiger partial charge in [0.2, 0.25) is 0 Å². The smallest absolute Gasteiger partial charge is 0.332 e. The van der Waals surface area contributed by atoms with Gasteiger partial charge in [-0.25, -0.2) is 9.18 Å². The molecule has 4 heteroatoms. The van der Waals surface area contributed by atoms with Gasteiger partial charge in [-0.2, -0.15) is 0 Å². The molecular formula is C18H27FO3. The molecule has 0 fully saturated rings. The monoisotopic (exact) mass is 310 g/mol. The largest absolute Gasteiger partial charge is 0.464 e. The molecule has 0 heterocycles. The van der Waals surface area contributed by atoms with Gasteiger partial charge in [-0.05, 0) is 37.0 Å². The summed E-state index contributed by atoms with van der Waals surface area (Å²) >= 11 is 0. The zero-order valence-electron chi connectivity index (χ0n) is 13.8. The van der Waals surface area contributed by atoms with Crippen LogP contribution in [0.25, 0.3) is 0 Å². The quantitative estimate of drug-likeness (QED) is 0.589. The van der Waals surface area contributed by atoms with E-state index >= 15 is 0 Å². The third kappa shape index (κ3) is 6.14. The highest BCUT2D eigenvalue weighted by Crippen LogP contribution is 2.32. The number of rotatable bonds is 10. The first-order chi connectivity index (χ1) is 10.6. The Morgan fingerprint density at radius 1 is 1.27 bits per heavy atom. The number of carbonyl (C=O) groups excluding carboxylic acids is 1. The second-order valence-corrected chi connectivity index (χ2v) is 5.40. The first-order valence-electron chi connectivity index (χ1n) is 8.15. The molecule has 0 aliphatic rings. The van der Waals surface area contributed by atoms with Crippen molar-refractivity contribution < 1.29 is 18.7 Å². The summed E-state index contributed by atoms with van der Waals surface area (Å²) in [5, 5.41) is 0. The average Bonchev–Trinajstić information content (AvgIpc) is 2.50. The van der Waals surface area contributed by atoms with Crippen LogP contribution in [0.1, 0.15) is 58.1 Å². The van der Waals surface area contributed by atoms with Crippen LogP contribution in [0, 0.1) is 11.7 Å². The molecule has 124 valence electrons. The minimum absolute atomic E-state index is 0.0996. The number of ether oxygens (including phenoxy) is 2. The molecule has 0 aromatic heterocycles. The molecule has 0 radical (unpaired) electrons. The van der Waals surface area contributed by atoms with Gasteiger partial charge in [-0.3, -0.25) is 0 Å². The molecule has 0 aliphatic heterocycles. The fourth-order valence-corrected chi connectivity index (χ4v) is 2.58. The molecule has 0 unspecified atom stereocenters. The summed E-state index contributed by atoms with van der Waals surface area (Å²) in [7, 11) is 0. The summed E-state index contributed by atoms with van der Waals surface area (Å²) in [5.74, 6) is -0.405. The second-order valence-electron chi connectivity index (χ2n) is 5.40. The maximum Gasteiger partial charge on any atom is 0.332 e. The fraction of sp³-hybridized carbons (Fsp3) is 0.611. The molecule has 2 atom stereocenters. The summed E-state index contributed by atoms with van der Waals surface area (Å²) in [4.78, 5) is 11.5. The molecule has 0 saturated heterocycles.